The van der Waals surface area contributed by atoms with Crippen LogP contribution in [0.1, 0.15) is 19.3 Å². The van der Waals surface area contributed by atoms with Crippen LogP contribution in [-0.4, -0.2) is 22.5 Å². The van der Waals surface area contributed by atoms with Gasteiger partial charge in [-0.1, -0.05) is 47.0 Å². The second kappa shape index (κ2) is 5.83. The van der Waals surface area contributed by atoms with Gasteiger partial charge in [0.05, 0.1) is 6.04 Å². The summed E-state index contributed by atoms with van der Waals surface area (Å²) >= 11 is 16.3. The largest absolute Gasteiger partial charge is 0.445 e. The highest BCUT2D eigenvalue weighted by Gasteiger charge is 2.22. The molecule has 0 aromatic heterocycles. The summed E-state index contributed by atoms with van der Waals surface area (Å²) < 4.78 is 3.17. The molecule has 0 saturated carbocycles. The normalized spacial score (nSPS) is 21.1. The van der Waals surface area contributed by atoms with Crippen molar-refractivity contribution in [1.82, 2.24) is 5.32 Å². The van der Waals surface area contributed by atoms with Crippen LogP contribution in [-0.2, 0) is 4.74 Å². The number of ether oxygens (including phenoxy) is 1. The summed E-state index contributed by atoms with van der Waals surface area (Å²) in [5.74, 6) is 0. The maximum atomic E-state index is 11.2. The van der Waals surface area contributed by atoms with Crippen molar-refractivity contribution in [2.24, 2.45) is 0 Å². The molecule has 1 aliphatic carbocycles. The first-order chi connectivity index (χ1) is 6.97. The van der Waals surface area contributed by atoms with Gasteiger partial charge in [0.2, 0.25) is 3.79 Å². The Bertz CT molecular complexity index is 250. The first kappa shape index (κ1) is 12.9. The number of halogens is 3. The molecule has 0 aliphatic heterocycles. The van der Waals surface area contributed by atoms with Gasteiger partial charge in [0, 0.05) is 0 Å². The number of alkyl halides is 3. The van der Waals surface area contributed by atoms with Gasteiger partial charge in [-0.2, -0.15) is 0 Å². The second-order valence-corrected chi connectivity index (χ2v) is 5.82. The SMILES string of the molecule is O=C(NC1C=CCCC1)OCC(Cl)(Cl)Cl. The van der Waals surface area contributed by atoms with E-state index in [9.17, 15) is 4.79 Å². The molecule has 0 aromatic rings. The van der Waals surface area contributed by atoms with Gasteiger partial charge in [0.15, 0.2) is 0 Å². The smallest absolute Gasteiger partial charge is 0.407 e. The minimum Gasteiger partial charge on any atom is -0.445 e. The fraction of sp³-hybridized carbons (Fsp3) is 0.667. The van der Waals surface area contributed by atoms with Crippen molar-refractivity contribution in [3.8, 4) is 0 Å². The van der Waals surface area contributed by atoms with E-state index in [1.807, 2.05) is 12.2 Å². The highest BCUT2D eigenvalue weighted by molar-refractivity contribution is 6.67. The predicted octanol–water partition coefficient (Wildman–Crippen LogP) is 3.19. The molecular formula is C9H12Cl3NO2. The van der Waals surface area contributed by atoms with Gasteiger partial charge in [-0.05, 0) is 19.3 Å². The number of carbonyl (C=O) groups excluding carboxylic acids is 1. The summed E-state index contributed by atoms with van der Waals surface area (Å²) in [6.45, 7) is -0.250. The van der Waals surface area contributed by atoms with E-state index >= 15 is 0 Å². The Kier molecular flexibility index (Phi) is 5.03. The van der Waals surface area contributed by atoms with Crippen molar-refractivity contribution in [3.63, 3.8) is 0 Å². The lowest BCUT2D eigenvalue weighted by Crippen LogP contribution is -2.36. The Morgan fingerprint density at radius 1 is 1.53 bits per heavy atom. The highest BCUT2D eigenvalue weighted by Crippen LogP contribution is 2.25. The van der Waals surface area contributed by atoms with Crippen molar-refractivity contribution in [3.05, 3.63) is 12.2 Å². The van der Waals surface area contributed by atoms with Gasteiger partial charge < -0.3 is 10.1 Å². The second-order valence-electron chi connectivity index (χ2n) is 3.30. The van der Waals surface area contributed by atoms with Crippen LogP contribution in [0.4, 0.5) is 4.79 Å². The van der Waals surface area contributed by atoms with Crippen LogP contribution < -0.4 is 5.32 Å². The molecule has 6 heteroatoms. The van der Waals surface area contributed by atoms with E-state index < -0.39 is 9.89 Å². The lowest BCUT2D eigenvalue weighted by molar-refractivity contribution is 0.145. The fourth-order valence-corrected chi connectivity index (χ4v) is 1.44. The van der Waals surface area contributed by atoms with Crippen LogP contribution in [0.3, 0.4) is 0 Å². The molecule has 0 heterocycles. The number of allylic oxidation sites excluding steroid dienone is 1. The Labute approximate surface area is 104 Å². The third kappa shape index (κ3) is 6.13. The molecule has 1 unspecified atom stereocenters. The predicted molar refractivity (Wildman–Crippen MR) is 61.6 cm³/mol. The van der Waals surface area contributed by atoms with Crippen molar-refractivity contribution < 1.29 is 9.53 Å². The van der Waals surface area contributed by atoms with Crippen LogP contribution in [0, 0.1) is 0 Å². The van der Waals surface area contributed by atoms with Crippen molar-refractivity contribution in [1.29, 1.82) is 0 Å². The minimum atomic E-state index is -1.56. The van der Waals surface area contributed by atoms with E-state index in [1.54, 1.807) is 0 Å². The summed E-state index contributed by atoms with van der Waals surface area (Å²) in [5, 5.41) is 2.67. The summed E-state index contributed by atoms with van der Waals surface area (Å²) in [5.41, 5.74) is 0. The number of hydrogen-bond donors (Lipinski definition) is 1. The summed E-state index contributed by atoms with van der Waals surface area (Å²) in [7, 11) is 0. The van der Waals surface area contributed by atoms with Gasteiger partial charge in [-0.25, -0.2) is 4.79 Å². The third-order valence-electron chi connectivity index (χ3n) is 1.92. The number of hydrogen-bond acceptors (Lipinski definition) is 2. The first-order valence-corrected chi connectivity index (χ1v) is 5.77. The van der Waals surface area contributed by atoms with Gasteiger partial charge in [-0.15, -0.1) is 0 Å². The molecule has 1 aliphatic rings. The van der Waals surface area contributed by atoms with E-state index in [-0.39, 0.29) is 12.6 Å². The van der Waals surface area contributed by atoms with Crippen molar-refractivity contribution >= 4 is 40.9 Å². The molecule has 1 amide bonds. The maximum Gasteiger partial charge on any atom is 0.407 e. The molecule has 0 spiro atoms. The topological polar surface area (TPSA) is 38.3 Å². The molecule has 15 heavy (non-hydrogen) atoms. The van der Waals surface area contributed by atoms with Crippen LogP contribution >= 0.6 is 34.8 Å². The standard InChI is InChI=1S/C9H12Cl3NO2/c10-9(11,12)6-15-8(14)13-7-4-2-1-3-5-7/h2,4,7H,1,3,5-6H2,(H,13,14). The maximum absolute atomic E-state index is 11.2. The Morgan fingerprint density at radius 3 is 2.80 bits per heavy atom. The zero-order valence-electron chi connectivity index (χ0n) is 8.01. The third-order valence-corrected chi connectivity index (χ3v) is 2.25. The molecule has 86 valence electrons. The fourth-order valence-electron chi connectivity index (χ4n) is 1.27. The van der Waals surface area contributed by atoms with Gasteiger partial charge in [0.1, 0.15) is 6.61 Å². The molecule has 1 atom stereocenters. The molecule has 1 rings (SSSR count). The molecular weight excluding hydrogens is 260 g/mol. The van der Waals surface area contributed by atoms with Crippen molar-refractivity contribution in [2.45, 2.75) is 29.1 Å². The lowest BCUT2D eigenvalue weighted by atomic mass is 10.0. The minimum absolute atomic E-state index is 0.0293. The van der Waals surface area contributed by atoms with Crippen LogP contribution in [0.25, 0.3) is 0 Å². The Hall–Kier alpha value is -0.120. The van der Waals surface area contributed by atoms with E-state index in [0.717, 1.165) is 19.3 Å². The lowest BCUT2D eigenvalue weighted by Gasteiger charge is -2.18. The molecule has 0 aromatic carbocycles. The van der Waals surface area contributed by atoms with E-state index in [0.29, 0.717) is 0 Å². The molecule has 0 saturated heterocycles. The van der Waals surface area contributed by atoms with Gasteiger partial charge in [0.25, 0.3) is 0 Å². The number of nitrogens with one attached hydrogen (secondary N) is 1. The number of carbonyl (C=O) groups is 1. The number of alkyl carbamates (subject to hydrolysis) is 1. The van der Waals surface area contributed by atoms with Gasteiger partial charge in [-0.3, -0.25) is 0 Å². The quantitative estimate of drug-likeness (QED) is 0.619. The van der Waals surface area contributed by atoms with E-state index in [4.69, 9.17) is 39.5 Å². The number of rotatable bonds is 2. The van der Waals surface area contributed by atoms with Crippen LogP contribution in [0.2, 0.25) is 0 Å². The summed E-state index contributed by atoms with van der Waals surface area (Å²) in [4.78, 5) is 11.2. The average molecular weight is 273 g/mol. The van der Waals surface area contributed by atoms with E-state index in [1.165, 1.54) is 0 Å². The zero-order valence-corrected chi connectivity index (χ0v) is 10.3. The molecule has 0 radical (unpaired) electrons. The van der Waals surface area contributed by atoms with Crippen LogP contribution in [0.5, 0.6) is 0 Å². The summed E-state index contributed by atoms with van der Waals surface area (Å²) in [6.07, 6.45) is 6.45. The highest BCUT2D eigenvalue weighted by atomic mass is 35.6. The molecule has 3 nitrogen and oxygen atoms in total. The molecule has 0 bridgehead atoms. The Morgan fingerprint density at radius 2 is 2.27 bits per heavy atom. The zero-order chi connectivity index (χ0) is 11.3. The average Bonchev–Trinajstić information content (AvgIpc) is 2.15. The monoisotopic (exact) mass is 271 g/mol. The number of amides is 1. The van der Waals surface area contributed by atoms with E-state index in [2.05, 4.69) is 5.32 Å². The summed E-state index contributed by atoms with van der Waals surface area (Å²) in [6, 6.07) is 0.0293. The van der Waals surface area contributed by atoms with Crippen LogP contribution in [0.15, 0.2) is 12.2 Å². The van der Waals surface area contributed by atoms with Gasteiger partial charge >= 0.3 is 6.09 Å². The molecule has 1 N–H and O–H groups in total. The Balaban J connectivity index is 2.23. The van der Waals surface area contributed by atoms with Crippen molar-refractivity contribution in [2.75, 3.05) is 6.61 Å². The first-order valence-electron chi connectivity index (χ1n) is 4.64. The molecule has 0 fully saturated rings.